The highest BCUT2D eigenvalue weighted by Gasteiger charge is 2.20. The van der Waals surface area contributed by atoms with Crippen molar-refractivity contribution in [3.8, 4) is 11.1 Å². The molecular formula is C19H21NO3. The number of carbonyl (C=O) groups excluding carboxylic acids is 1. The summed E-state index contributed by atoms with van der Waals surface area (Å²) in [7, 11) is 0. The molecule has 0 aromatic heterocycles. The van der Waals surface area contributed by atoms with E-state index in [1.54, 1.807) is 4.90 Å². The molecule has 0 bridgehead atoms. The van der Waals surface area contributed by atoms with Gasteiger partial charge in [-0.25, -0.2) is 0 Å². The van der Waals surface area contributed by atoms with Gasteiger partial charge in [0.25, 0.3) is 0 Å². The van der Waals surface area contributed by atoms with Crippen LogP contribution in [0.5, 0.6) is 0 Å². The molecule has 23 heavy (non-hydrogen) atoms. The van der Waals surface area contributed by atoms with E-state index in [2.05, 4.69) is 30.3 Å². The Morgan fingerprint density at radius 1 is 1.00 bits per heavy atom. The second-order valence-corrected chi connectivity index (χ2v) is 5.88. The molecule has 0 aliphatic carbocycles. The minimum absolute atomic E-state index is 0.168. The van der Waals surface area contributed by atoms with Gasteiger partial charge in [-0.1, -0.05) is 42.5 Å². The van der Waals surface area contributed by atoms with Crippen molar-refractivity contribution in [2.24, 2.45) is 0 Å². The summed E-state index contributed by atoms with van der Waals surface area (Å²) in [6.45, 7) is 0.977. The Labute approximate surface area is 136 Å². The number of hydrogen-bond acceptors (Lipinski definition) is 3. The highest BCUT2D eigenvalue weighted by molar-refractivity contribution is 5.77. The van der Waals surface area contributed by atoms with Crippen LogP contribution in [0.15, 0.2) is 42.5 Å². The summed E-state index contributed by atoms with van der Waals surface area (Å²) in [5.41, 5.74) is 5.87. The number of amides is 1. The molecule has 1 amide bonds. The van der Waals surface area contributed by atoms with Crippen molar-refractivity contribution >= 4 is 5.91 Å². The first-order valence-electron chi connectivity index (χ1n) is 7.92. The normalized spacial score (nSPS) is 13.7. The maximum absolute atomic E-state index is 11.6. The first-order chi connectivity index (χ1) is 11.2. The van der Waals surface area contributed by atoms with E-state index < -0.39 is 6.61 Å². The Hall–Kier alpha value is -2.17. The number of aliphatic hydroxyl groups is 2. The molecule has 0 unspecified atom stereocenters. The molecule has 1 aliphatic rings. The van der Waals surface area contributed by atoms with Crippen LogP contribution in [0, 0.1) is 0 Å². The van der Waals surface area contributed by atoms with Crippen molar-refractivity contribution in [1.29, 1.82) is 0 Å². The van der Waals surface area contributed by atoms with Gasteiger partial charge >= 0.3 is 0 Å². The molecule has 1 heterocycles. The van der Waals surface area contributed by atoms with Gasteiger partial charge in [0.2, 0.25) is 5.91 Å². The third-order valence-corrected chi connectivity index (χ3v) is 4.39. The van der Waals surface area contributed by atoms with Gasteiger partial charge in [-0.2, -0.15) is 0 Å². The van der Waals surface area contributed by atoms with Gasteiger partial charge in [0.1, 0.15) is 6.61 Å². The molecular weight excluding hydrogens is 290 g/mol. The van der Waals surface area contributed by atoms with Crippen molar-refractivity contribution < 1.29 is 15.0 Å². The van der Waals surface area contributed by atoms with E-state index in [0.29, 0.717) is 19.5 Å². The summed E-state index contributed by atoms with van der Waals surface area (Å²) in [4.78, 5) is 13.3. The van der Waals surface area contributed by atoms with Gasteiger partial charge in [0, 0.05) is 19.7 Å². The Balaban J connectivity index is 1.80. The van der Waals surface area contributed by atoms with Crippen LogP contribution in [-0.2, 0) is 24.2 Å². The van der Waals surface area contributed by atoms with Crippen molar-refractivity contribution in [3.05, 3.63) is 59.2 Å². The topological polar surface area (TPSA) is 60.8 Å². The molecule has 4 nitrogen and oxygen atoms in total. The third kappa shape index (κ3) is 3.44. The lowest BCUT2D eigenvalue weighted by Crippen LogP contribution is -2.37. The predicted octanol–water partition coefficient (Wildman–Crippen LogP) is 1.77. The Kier molecular flexibility index (Phi) is 4.74. The highest BCUT2D eigenvalue weighted by atomic mass is 16.3. The quantitative estimate of drug-likeness (QED) is 0.904. The number of benzene rings is 2. The zero-order chi connectivity index (χ0) is 16.2. The lowest BCUT2D eigenvalue weighted by molar-refractivity contribution is -0.135. The molecule has 0 fully saturated rings. The Bertz CT molecular complexity index is 694. The van der Waals surface area contributed by atoms with E-state index in [1.807, 2.05) is 12.1 Å². The molecule has 0 radical (unpaired) electrons. The predicted molar refractivity (Wildman–Crippen MR) is 88.9 cm³/mol. The average Bonchev–Trinajstić information content (AvgIpc) is 2.61. The average molecular weight is 311 g/mol. The molecule has 3 rings (SSSR count). The SMILES string of the molecule is O=C(CO)N1CCc2cc(-c3ccc(CCO)cc3)ccc2C1. The van der Waals surface area contributed by atoms with Gasteiger partial charge in [0.05, 0.1) is 0 Å². The van der Waals surface area contributed by atoms with Crippen LogP contribution in [-0.4, -0.2) is 40.8 Å². The molecule has 120 valence electrons. The summed E-state index contributed by atoms with van der Waals surface area (Å²) in [5, 5.41) is 18.0. The molecule has 0 spiro atoms. The summed E-state index contributed by atoms with van der Waals surface area (Å²) in [6, 6.07) is 14.6. The molecule has 0 atom stereocenters. The van der Waals surface area contributed by atoms with Crippen molar-refractivity contribution in [2.45, 2.75) is 19.4 Å². The molecule has 0 saturated carbocycles. The van der Waals surface area contributed by atoms with Crippen LogP contribution >= 0.6 is 0 Å². The van der Waals surface area contributed by atoms with E-state index in [4.69, 9.17) is 10.2 Å². The second-order valence-electron chi connectivity index (χ2n) is 5.88. The molecule has 2 N–H and O–H groups in total. The van der Waals surface area contributed by atoms with Crippen LogP contribution in [0.1, 0.15) is 16.7 Å². The molecule has 0 saturated heterocycles. The van der Waals surface area contributed by atoms with Gasteiger partial charge in [-0.05, 0) is 40.7 Å². The maximum atomic E-state index is 11.6. The van der Waals surface area contributed by atoms with Crippen LogP contribution in [0.3, 0.4) is 0 Å². The zero-order valence-electron chi connectivity index (χ0n) is 13.0. The molecule has 2 aromatic carbocycles. The summed E-state index contributed by atoms with van der Waals surface area (Å²) >= 11 is 0. The Morgan fingerprint density at radius 2 is 1.74 bits per heavy atom. The van der Waals surface area contributed by atoms with Crippen molar-refractivity contribution in [1.82, 2.24) is 4.90 Å². The zero-order valence-corrected chi connectivity index (χ0v) is 13.0. The van der Waals surface area contributed by atoms with Gasteiger partial charge in [-0.3, -0.25) is 4.79 Å². The third-order valence-electron chi connectivity index (χ3n) is 4.39. The fourth-order valence-corrected chi connectivity index (χ4v) is 3.04. The standard InChI is InChI=1S/C19H21NO3/c21-10-8-14-1-3-15(4-2-14)16-5-6-18-12-20(19(23)13-22)9-7-17(18)11-16/h1-6,11,21-22H,7-10,12-13H2. The summed E-state index contributed by atoms with van der Waals surface area (Å²) < 4.78 is 0. The lowest BCUT2D eigenvalue weighted by atomic mass is 9.94. The summed E-state index contributed by atoms with van der Waals surface area (Å²) in [5.74, 6) is -0.209. The fraction of sp³-hybridized carbons (Fsp3) is 0.316. The van der Waals surface area contributed by atoms with Gasteiger partial charge < -0.3 is 15.1 Å². The van der Waals surface area contributed by atoms with Gasteiger partial charge in [0.15, 0.2) is 0 Å². The first-order valence-corrected chi connectivity index (χ1v) is 7.92. The smallest absolute Gasteiger partial charge is 0.248 e. The molecule has 2 aromatic rings. The number of aliphatic hydroxyl groups excluding tert-OH is 2. The number of carbonyl (C=O) groups is 1. The van der Waals surface area contributed by atoms with Gasteiger partial charge in [-0.15, -0.1) is 0 Å². The number of rotatable bonds is 4. The summed E-state index contributed by atoms with van der Waals surface area (Å²) in [6.07, 6.45) is 1.50. The van der Waals surface area contributed by atoms with Crippen LogP contribution < -0.4 is 0 Å². The minimum Gasteiger partial charge on any atom is -0.396 e. The molecule has 1 aliphatic heterocycles. The monoisotopic (exact) mass is 311 g/mol. The minimum atomic E-state index is -0.423. The Morgan fingerprint density at radius 3 is 2.43 bits per heavy atom. The highest BCUT2D eigenvalue weighted by Crippen LogP contribution is 2.26. The largest absolute Gasteiger partial charge is 0.396 e. The van der Waals surface area contributed by atoms with E-state index in [9.17, 15) is 4.79 Å². The maximum Gasteiger partial charge on any atom is 0.248 e. The lowest BCUT2D eigenvalue weighted by Gasteiger charge is -2.28. The van der Waals surface area contributed by atoms with E-state index >= 15 is 0 Å². The second kappa shape index (κ2) is 6.94. The van der Waals surface area contributed by atoms with Crippen LogP contribution in [0.2, 0.25) is 0 Å². The van der Waals surface area contributed by atoms with E-state index in [-0.39, 0.29) is 12.5 Å². The molecule has 4 heteroatoms. The number of hydrogen-bond donors (Lipinski definition) is 2. The number of nitrogens with zero attached hydrogens (tertiary/aromatic N) is 1. The van der Waals surface area contributed by atoms with Crippen LogP contribution in [0.25, 0.3) is 11.1 Å². The van der Waals surface area contributed by atoms with E-state index in [0.717, 1.165) is 23.1 Å². The van der Waals surface area contributed by atoms with Crippen molar-refractivity contribution in [2.75, 3.05) is 19.8 Å². The number of fused-ring (bicyclic) bond motifs is 1. The van der Waals surface area contributed by atoms with E-state index in [1.165, 1.54) is 11.1 Å². The fourth-order valence-electron chi connectivity index (χ4n) is 3.04. The van der Waals surface area contributed by atoms with Crippen molar-refractivity contribution in [3.63, 3.8) is 0 Å². The first kappa shape index (κ1) is 15.7. The van der Waals surface area contributed by atoms with Crippen LogP contribution in [0.4, 0.5) is 0 Å².